The van der Waals surface area contributed by atoms with Gasteiger partial charge in [0.1, 0.15) is 11.3 Å². The average molecular weight is 343 g/mol. The number of rotatable bonds is 1. The van der Waals surface area contributed by atoms with Crippen molar-refractivity contribution in [3.63, 3.8) is 0 Å². The lowest BCUT2D eigenvalue weighted by molar-refractivity contribution is 0.0198. The van der Waals surface area contributed by atoms with Crippen LogP contribution in [0, 0.1) is 0 Å². The van der Waals surface area contributed by atoms with Crippen molar-refractivity contribution in [1.82, 2.24) is 14.0 Å². The number of aromatic nitrogens is 2. The number of benzene rings is 1. The Morgan fingerprint density at radius 2 is 1.92 bits per heavy atom. The van der Waals surface area contributed by atoms with Crippen LogP contribution in [-0.2, 0) is 4.74 Å². The van der Waals surface area contributed by atoms with Gasteiger partial charge >= 0.3 is 11.8 Å². The van der Waals surface area contributed by atoms with Gasteiger partial charge in [-0.15, -0.1) is 0 Å². The van der Waals surface area contributed by atoms with E-state index in [1.807, 2.05) is 39.0 Å². The van der Waals surface area contributed by atoms with Gasteiger partial charge in [0.25, 0.3) is 0 Å². The van der Waals surface area contributed by atoms with Gasteiger partial charge in [-0.2, -0.15) is 0 Å². The Kier molecular flexibility index (Phi) is 3.25. The lowest BCUT2D eigenvalue weighted by Crippen LogP contribution is -2.40. The number of hydrogen-bond acceptors (Lipinski definition) is 4. The van der Waals surface area contributed by atoms with Gasteiger partial charge in [-0.05, 0) is 39.3 Å². The zero-order valence-electron chi connectivity index (χ0n) is 14.5. The fourth-order valence-electron chi connectivity index (χ4n) is 3.78. The summed E-state index contributed by atoms with van der Waals surface area (Å²) in [5, 5.41) is 10.7. The molecule has 7 nitrogen and oxygen atoms in total. The highest BCUT2D eigenvalue weighted by atomic mass is 16.6. The summed E-state index contributed by atoms with van der Waals surface area (Å²) in [6.07, 6.45) is 0.220. The number of nitrogens with zero attached hydrogens (tertiary/aromatic N) is 3. The van der Waals surface area contributed by atoms with Gasteiger partial charge in [-0.3, -0.25) is 9.47 Å². The van der Waals surface area contributed by atoms with Gasteiger partial charge in [0.2, 0.25) is 5.88 Å². The molecule has 0 aliphatic carbocycles. The van der Waals surface area contributed by atoms with E-state index in [0.29, 0.717) is 24.3 Å². The van der Waals surface area contributed by atoms with Gasteiger partial charge in [0, 0.05) is 6.54 Å². The third-order valence-corrected chi connectivity index (χ3v) is 4.70. The summed E-state index contributed by atoms with van der Waals surface area (Å²) in [6, 6.07) is 8.54. The molecule has 25 heavy (non-hydrogen) atoms. The number of fused-ring (bicyclic) bond motifs is 5. The first-order valence-corrected chi connectivity index (χ1v) is 8.39. The van der Waals surface area contributed by atoms with E-state index in [9.17, 15) is 14.7 Å². The smallest absolute Gasteiger partial charge is 0.410 e. The molecular formula is C18H21N3O4. The lowest BCUT2D eigenvalue weighted by atomic mass is 10.2. The Balaban J connectivity index is 1.74. The molecule has 0 radical (unpaired) electrons. The van der Waals surface area contributed by atoms with Crippen molar-refractivity contribution in [3.8, 4) is 11.6 Å². The predicted molar refractivity (Wildman–Crippen MR) is 91.0 cm³/mol. The van der Waals surface area contributed by atoms with Crippen molar-refractivity contribution >= 4 is 6.09 Å². The molecule has 1 aromatic heterocycles. The minimum Gasteiger partial charge on any atom is -0.493 e. The first-order chi connectivity index (χ1) is 11.8. The molecule has 0 spiro atoms. The maximum Gasteiger partial charge on any atom is 0.410 e. The normalized spacial score (nSPS) is 21.5. The third kappa shape index (κ3) is 2.33. The summed E-state index contributed by atoms with van der Waals surface area (Å²) in [6.45, 7) is 5.88. The predicted octanol–water partition coefficient (Wildman–Crippen LogP) is 2.58. The number of aromatic hydroxyl groups is 1. The first kappa shape index (κ1) is 15.8. The zero-order valence-corrected chi connectivity index (χ0v) is 14.5. The second-order valence-corrected chi connectivity index (χ2v) is 7.57. The molecule has 2 aromatic rings. The molecule has 132 valence electrons. The molecule has 3 heterocycles. The minimum atomic E-state index is -0.587. The number of hydrogen-bond donors (Lipinski definition) is 1. The minimum absolute atomic E-state index is 0.100. The van der Waals surface area contributed by atoms with E-state index in [1.165, 1.54) is 4.57 Å². The maximum absolute atomic E-state index is 12.8. The Hall–Kier alpha value is -2.70. The Morgan fingerprint density at radius 1 is 1.24 bits per heavy atom. The SMILES string of the molecule is CC(C)(C)OC(=O)N1C[C@H]2CC1c1c(O)n(-c3ccccc3)c(=O)n12. The fourth-order valence-corrected chi connectivity index (χ4v) is 3.78. The van der Waals surface area contributed by atoms with E-state index in [1.54, 1.807) is 21.6 Å². The molecule has 1 N–H and O–H groups in total. The first-order valence-electron chi connectivity index (χ1n) is 8.39. The number of ether oxygens (including phenoxy) is 1. The maximum atomic E-state index is 12.8. The Bertz CT molecular complexity index is 892. The van der Waals surface area contributed by atoms with Crippen LogP contribution in [0.1, 0.15) is 45.0 Å². The highest BCUT2D eigenvalue weighted by Gasteiger charge is 2.50. The zero-order chi connectivity index (χ0) is 17.9. The molecule has 2 aliphatic rings. The van der Waals surface area contributed by atoms with E-state index in [4.69, 9.17) is 4.74 Å². The highest BCUT2D eigenvalue weighted by molar-refractivity contribution is 5.70. The number of amides is 1. The van der Waals surface area contributed by atoms with Gasteiger partial charge in [0.05, 0.1) is 17.8 Å². The number of imidazole rings is 1. The van der Waals surface area contributed by atoms with Crippen molar-refractivity contribution < 1.29 is 14.6 Å². The van der Waals surface area contributed by atoms with E-state index in [2.05, 4.69) is 0 Å². The molecule has 1 unspecified atom stereocenters. The van der Waals surface area contributed by atoms with E-state index >= 15 is 0 Å². The third-order valence-electron chi connectivity index (χ3n) is 4.70. The number of carbonyl (C=O) groups is 1. The van der Waals surface area contributed by atoms with Crippen LogP contribution in [0.5, 0.6) is 5.88 Å². The van der Waals surface area contributed by atoms with E-state index in [-0.39, 0.29) is 23.7 Å². The van der Waals surface area contributed by atoms with Crippen molar-refractivity contribution in [1.29, 1.82) is 0 Å². The molecule has 1 aromatic carbocycles. The number of para-hydroxylation sites is 1. The van der Waals surface area contributed by atoms with Crippen molar-refractivity contribution in [2.75, 3.05) is 6.54 Å². The molecule has 0 saturated carbocycles. The molecule has 2 atom stereocenters. The van der Waals surface area contributed by atoms with Gasteiger partial charge < -0.3 is 9.84 Å². The second-order valence-electron chi connectivity index (χ2n) is 7.57. The molecular weight excluding hydrogens is 322 g/mol. The standard InChI is InChI=1S/C18H21N3O4/c1-18(2,3)25-17(24)19-10-12-9-13(19)14-15(22)21(16(23)20(12)14)11-7-5-4-6-8-11/h4-8,12-13,22H,9-10H2,1-3H3/t12-,13?/m1/s1. The number of carbonyl (C=O) groups excluding carboxylic acids is 1. The molecule has 2 aliphatic heterocycles. The summed E-state index contributed by atoms with van der Waals surface area (Å²) in [7, 11) is 0. The Labute approximate surface area is 145 Å². The van der Waals surface area contributed by atoms with Crippen molar-refractivity contribution in [2.45, 2.75) is 44.9 Å². The molecule has 2 bridgehead atoms. The van der Waals surface area contributed by atoms with Gasteiger partial charge in [-0.25, -0.2) is 14.2 Å². The molecule has 4 rings (SSSR count). The number of likely N-dealkylation sites (tertiary alicyclic amines) is 1. The molecule has 1 fully saturated rings. The van der Waals surface area contributed by atoms with E-state index in [0.717, 1.165) is 0 Å². The second kappa shape index (κ2) is 5.15. The molecule has 1 amide bonds. The summed E-state index contributed by atoms with van der Waals surface area (Å²) in [5.74, 6) is -0.100. The van der Waals surface area contributed by atoms with Crippen molar-refractivity contribution in [2.24, 2.45) is 0 Å². The summed E-state index contributed by atoms with van der Waals surface area (Å²) >= 11 is 0. The van der Waals surface area contributed by atoms with Crippen LogP contribution in [0.4, 0.5) is 4.79 Å². The summed E-state index contributed by atoms with van der Waals surface area (Å²) in [5.41, 5.74) is 0.248. The monoisotopic (exact) mass is 343 g/mol. The molecule has 7 heteroatoms. The summed E-state index contributed by atoms with van der Waals surface area (Å²) < 4.78 is 8.38. The van der Waals surface area contributed by atoms with Crippen LogP contribution in [0.25, 0.3) is 5.69 Å². The van der Waals surface area contributed by atoms with Crippen LogP contribution in [-0.4, -0.2) is 37.4 Å². The fraction of sp³-hybridized carbons (Fsp3) is 0.444. The van der Waals surface area contributed by atoms with Crippen LogP contribution in [0.3, 0.4) is 0 Å². The average Bonchev–Trinajstić information content (AvgIpc) is 3.18. The molecule has 1 saturated heterocycles. The summed E-state index contributed by atoms with van der Waals surface area (Å²) in [4.78, 5) is 26.9. The lowest BCUT2D eigenvalue weighted by Gasteiger charge is -2.30. The van der Waals surface area contributed by atoms with Gasteiger partial charge in [0.15, 0.2) is 0 Å². The topological polar surface area (TPSA) is 76.7 Å². The van der Waals surface area contributed by atoms with Crippen LogP contribution in [0.15, 0.2) is 35.1 Å². The van der Waals surface area contributed by atoms with E-state index < -0.39 is 11.7 Å². The highest BCUT2D eigenvalue weighted by Crippen LogP contribution is 2.48. The largest absolute Gasteiger partial charge is 0.493 e. The van der Waals surface area contributed by atoms with Crippen LogP contribution < -0.4 is 5.69 Å². The Morgan fingerprint density at radius 3 is 2.56 bits per heavy atom. The van der Waals surface area contributed by atoms with Crippen LogP contribution >= 0.6 is 0 Å². The van der Waals surface area contributed by atoms with Gasteiger partial charge in [-0.1, -0.05) is 18.2 Å². The van der Waals surface area contributed by atoms with Crippen LogP contribution in [0.2, 0.25) is 0 Å². The quantitative estimate of drug-likeness (QED) is 0.863. The van der Waals surface area contributed by atoms with Crippen molar-refractivity contribution in [3.05, 3.63) is 46.5 Å².